The predicted octanol–water partition coefficient (Wildman–Crippen LogP) is 4.01. The molecule has 4 rings (SSSR count). The lowest BCUT2D eigenvalue weighted by Crippen LogP contribution is -2.41. The summed E-state index contributed by atoms with van der Waals surface area (Å²) in [6, 6.07) is 12.1. The molecule has 0 radical (unpaired) electrons. The summed E-state index contributed by atoms with van der Waals surface area (Å²) in [6.45, 7) is 12.2. The van der Waals surface area contributed by atoms with E-state index in [1.165, 1.54) is 6.42 Å². The van der Waals surface area contributed by atoms with Crippen LogP contribution in [0.15, 0.2) is 36.4 Å². The van der Waals surface area contributed by atoms with Gasteiger partial charge in [0, 0.05) is 18.7 Å². The number of benzene rings is 2. The van der Waals surface area contributed by atoms with E-state index in [2.05, 4.69) is 46.8 Å². The van der Waals surface area contributed by atoms with Crippen molar-refractivity contribution in [3.8, 4) is 0 Å². The van der Waals surface area contributed by atoms with Gasteiger partial charge in [0.05, 0.1) is 11.2 Å². The summed E-state index contributed by atoms with van der Waals surface area (Å²) < 4.78 is 12.5. The Kier molecular flexibility index (Phi) is 4.79. The van der Waals surface area contributed by atoms with Crippen LogP contribution < -0.4 is 5.46 Å². The first-order valence-corrected chi connectivity index (χ1v) is 10.4. The number of hydrogen-bond donors (Lipinski definition) is 0. The number of hydrogen-bond acceptors (Lipinski definition) is 3. The highest BCUT2D eigenvalue weighted by Crippen LogP contribution is 2.37. The Balaban J connectivity index is 1.65. The van der Waals surface area contributed by atoms with E-state index in [9.17, 15) is 4.79 Å². The molecular formula is C23H30BNO3. The molecule has 2 aromatic carbocycles. The van der Waals surface area contributed by atoms with Gasteiger partial charge in [0.25, 0.3) is 5.91 Å². The van der Waals surface area contributed by atoms with E-state index in [1.54, 1.807) is 0 Å². The average molecular weight is 379 g/mol. The Morgan fingerprint density at radius 3 is 2.50 bits per heavy atom. The maximum absolute atomic E-state index is 13.0. The smallest absolute Gasteiger partial charge is 0.399 e. The summed E-state index contributed by atoms with van der Waals surface area (Å²) in [6.07, 6.45) is 2.30. The van der Waals surface area contributed by atoms with E-state index < -0.39 is 7.12 Å². The third-order valence-corrected chi connectivity index (χ3v) is 6.61. The maximum atomic E-state index is 13.0. The van der Waals surface area contributed by atoms with Gasteiger partial charge in [0.2, 0.25) is 0 Å². The number of carbonyl (C=O) groups is 1. The highest BCUT2D eigenvalue weighted by atomic mass is 16.7. The van der Waals surface area contributed by atoms with Crippen LogP contribution in [0.3, 0.4) is 0 Å². The first-order valence-electron chi connectivity index (χ1n) is 10.4. The molecule has 148 valence electrons. The van der Waals surface area contributed by atoms with Gasteiger partial charge < -0.3 is 14.2 Å². The zero-order chi connectivity index (χ0) is 20.1. The molecule has 1 amide bonds. The Hall–Kier alpha value is -1.85. The van der Waals surface area contributed by atoms with E-state index in [0.717, 1.165) is 41.3 Å². The zero-order valence-electron chi connectivity index (χ0n) is 17.6. The third kappa shape index (κ3) is 3.35. The van der Waals surface area contributed by atoms with Gasteiger partial charge in [0.1, 0.15) is 0 Å². The largest absolute Gasteiger partial charge is 0.495 e. The number of amides is 1. The Morgan fingerprint density at radius 1 is 1.11 bits per heavy atom. The van der Waals surface area contributed by atoms with Crippen LogP contribution in [0, 0.1) is 5.92 Å². The molecular weight excluding hydrogens is 349 g/mol. The Morgan fingerprint density at radius 2 is 1.82 bits per heavy atom. The molecule has 0 N–H and O–H groups in total. The van der Waals surface area contributed by atoms with Crippen molar-refractivity contribution in [2.24, 2.45) is 5.92 Å². The second kappa shape index (κ2) is 6.89. The third-order valence-electron chi connectivity index (χ3n) is 6.61. The minimum atomic E-state index is -0.404. The summed E-state index contributed by atoms with van der Waals surface area (Å²) >= 11 is 0. The van der Waals surface area contributed by atoms with Crippen LogP contribution in [-0.2, 0) is 9.31 Å². The van der Waals surface area contributed by atoms with Gasteiger partial charge in [-0.15, -0.1) is 0 Å². The number of rotatable bonds is 2. The highest BCUT2D eigenvalue weighted by molar-refractivity contribution is 6.65. The molecule has 2 heterocycles. The molecule has 0 spiro atoms. The normalized spacial score (nSPS) is 24.0. The van der Waals surface area contributed by atoms with Crippen LogP contribution >= 0.6 is 0 Å². The van der Waals surface area contributed by atoms with Crippen LogP contribution in [-0.4, -0.2) is 42.2 Å². The molecule has 1 unspecified atom stereocenters. The molecule has 2 aliphatic heterocycles. The van der Waals surface area contributed by atoms with Gasteiger partial charge in [-0.2, -0.15) is 0 Å². The van der Waals surface area contributed by atoms with E-state index in [1.807, 2.05) is 29.2 Å². The monoisotopic (exact) mass is 379 g/mol. The van der Waals surface area contributed by atoms with Gasteiger partial charge >= 0.3 is 7.12 Å². The summed E-state index contributed by atoms with van der Waals surface area (Å²) in [5.74, 6) is 0.711. The standard InChI is InChI=1S/C23H30BNO3/c1-16-8-7-13-25(15-16)21(26)18-11-12-19-17(14-18)9-6-10-20(19)24-27-22(2,3)23(4,5)28-24/h6,9-12,14,16H,7-8,13,15H2,1-5H3. The maximum Gasteiger partial charge on any atom is 0.495 e. The van der Waals surface area contributed by atoms with Crippen LogP contribution in [0.25, 0.3) is 10.8 Å². The second-order valence-electron chi connectivity index (χ2n) is 9.37. The number of piperidine rings is 1. The fourth-order valence-electron chi connectivity index (χ4n) is 4.17. The molecule has 2 aliphatic rings. The van der Waals surface area contributed by atoms with Gasteiger partial charge in [0.15, 0.2) is 0 Å². The van der Waals surface area contributed by atoms with Gasteiger partial charge in [-0.1, -0.05) is 31.2 Å². The molecule has 4 nitrogen and oxygen atoms in total. The lowest BCUT2D eigenvalue weighted by Gasteiger charge is -2.32. The number of carbonyl (C=O) groups excluding carboxylic acids is 1. The molecule has 0 aliphatic carbocycles. The van der Waals surface area contributed by atoms with E-state index in [0.29, 0.717) is 5.92 Å². The van der Waals surface area contributed by atoms with Crippen LogP contribution in [0.5, 0.6) is 0 Å². The molecule has 0 aromatic heterocycles. The van der Waals surface area contributed by atoms with Crippen molar-refractivity contribution in [3.05, 3.63) is 42.0 Å². The van der Waals surface area contributed by atoms with Gasteiger partial charge in [-0.3, -0.25) is 4.79 Å². The predicted molar refractivity (Wildman–Crippen MR) is 114 cm³/mol. The fourth-order valence-corrected chi connectivity index (χ4v) is 4.17. The van der Waals surface area contributed by atoms with E-state index in [-0.39, 0.29) is 17.1 Å². The topological polar surface area (TPSA) is 38.8 Å². The van der Waals surface area contributed by atoms with Crippen LogP contribution in [0.2, 0.25) is 0 Å². The second-order valence-corrected chi connectivity index (χ2v) is 9.37. The van der Waals surface area contributed by atoms with Crippen molar-refractivity contribution in [2.45, 2.75) is 58.7 Å². The molecule has 28 heavy (non-hydrogen) atoms. The highest BCUT2D eigenvalue weighted by Gasteiger charge is 2.52. The van der Waals surface area contributed by atoms with E-state index >= 15 is 0 Å². The number of nitrogens with zero attached hydrogens (tertiary/aromatic N) is 1. The van der Waals surface area contributed by atoms with Crippen molar-refractivity contribution >= 4 is 29.3 Å². The Bertz CT molecular complexity index is 892. The molecule has 2 fully saturated rings. The molecule has 2 aromatic rings. The lowest BCUT2D eigenvalue weighted by molar-refractivity contribution is 0.00578. The molecule has 0 bridgehead atoms. The summed E-state index contributed by atoms with van der Waals surface area (Å²) in [4.78, 5) is 15.0. The average Bonchev–Trinajstić information content (AvgIpc) is 2.87. The SMILES string of the molecule is CC1CCCN(C(=O)c2ccc3c(B4OC(C)(C)C(C)(C)O4)cccc3c2)C1. The van der Waals surface area contributed by atoms with Gasteiger partial charge in [-0.25, -0.2) is 0 Å². The van der Waals surface area contributed by atoms with Crippen molar-refractivity contribution in [3.63, 3.8) is 0 Å². The lowest BCUT2D eigenvalue weighted by atomic mass is 9.76. The number of likely N-dealkylation sites (tertiary alicyclic amines) is 1. The minimum absolute atomic E-state index is 0.134. The molecule has 2 saturated heterocycles. The molecule has 1 atom stereocenters. The summed E-state index contributed by atoms with van der Waals surface area (Å²) in [5.41, 5.74) is 1.02. The van der Waals surface area contributed by atoms with Crippen molar-refractivity contribution in [2.75, 3.05) is 13.1 Å². The Labute approximate surface area is 168 Å². The van der Waals surface area contributed by atoms with E-state index in [4.69, 9.17) is 9.31 Å². The van der Waals surface area contributed by atoms with Crippen LogP contribution in [0.1, 0.15) is 57.8 Å². The van der Waals surface area contributed by atoms with Gasteiger partial charge in [-0.05, 0) is 74.8 Å². The summed E-state index contributed by atoms with van der Waals surface area (Å²) in [5, 5.41) is 2.12. The van der Waals surface area contributed by atoms with Crippen molar-refractivity contribution in [1.82, 2.24) is 4.90 Å². The first-order chi connectivity index (χ1) is 13.2. The van der Waals surface area contributed by atoms with Crippen molar-refractivity contribution < 1.29 is 14.1 Å². The number of fused-ring (bicyclic) bond motifs is 1. The van der Waals surface area contributed by atoms with Crippen LogP contribution in [0.4, 0.5) is 0 Å². The quantitative estimate of drug-likeness (QED) is 0.740. The fraction of sp³-hybridized carbons (Fsp3) is 0.522. The zero-order valence-corrected chi connectivity index (χ0v) is 17.6. The first kappa shape index (κ1) is 19.5. The minimum Gasteiger partial charge on any atom is -0.399 e. The van der Waals surface area contributed by atoms with Crippen molar-refractivity contribution in [1.29, 1.82) is 0 Å². The molecule has 0 saturated carbocycles. The molecule has 5 heteroatoms. The summed E-state index contributed by atoms with van der Waals surface area (Å²) in [7, 11) is -0.404.